The Morgan fingerprint density at radius 2 is 1.79 bits per heavy atom. The van der Waals surface area contributed by atoms with Crippen molar-refractivity contribution in [2.24, 2.45) is 0 Å². The summed E-state index contributed by atoms with van der Waals surface area (Å²) in [4.78, 5) is 30.9. The van der Waals surface area contributed by atoms with Crippen molar-refractivity contribution < 1.29 is 14.3 Å². The molecule has 0 bridgehead atoms. The van der Waals surface area contributed by atoms with E-state index in [1.807, 2.05) is 56.3 Å². The molecule has 0 fully saturated rings. The maximum atomic E-state index is 12.8. The number of benzene rings is 2. The molecule has 2 aromatic carbocycles. The quantitative estimate of drug-likeness (QED) is 0.443. The summed E-state index contributed by atoms with van der Waals surface area (Å²) in [5.41, 5.74) is 4.02. The molecule has 1 aliphatic rings. The third-order valence-electron chi connectivity index (χ3n) is 6.02. The summed E-state index contributed by atoms with van der Waals surface area (Å²) in [6.45, 7) is 4.48. The highest BCUT2D eigenvalue weighted by Gasteiger charge is 2.28. The number of nitrogens with zero attached hydrogens (tertiary/aromatic N) is 4. The van der Waals surface area contributed by atoms with E-state index < -0.39 is 0 Å². The van der Waals surface area contributed by atoms with Gasteiger partial charge in [-0.15, -0.1) is 0 Å². The first-order valence-corrected chi connectivity index (χ1v) is 11.3. The monoisotopic (exact) mass is 455 g/mol. The summed E-state index contributed by atoms with van der Waals surface area (Å²) in [5, 5.41) is 4.03. The first-order valence-electron chi connectivity index (χ1n) is 11.3. The molecule has 1 N–H and O–H groups in total. The van der Waals surface area contributed by atoms with E-state index in [0.29, 0.717) is 36.9 Å². The van der Waals surface area contributed by atoms with Crippen LogP contribution in [0.3, 0.4) is 0 Å². The number of carbonyl (C=O) groups is 1. The van der Waals surface area contributed by atoms with Crippen LogP contribution in [-0.4, -0.2) is 39.4 Å². The zero-order valence-corrected chi connectivity index (χ0v) is 19.3. The second kappa shape index (κ2) is 9.05. The third kappa shape index (κ3) is 4.26. The van der Waals surface area contributed by atoms with Crippen LogP contribution in [0.25, 0.3) is 10.9 Å². The van der Waals surface area contributed by atoms with Gasteiger partial charge in [0.1, 0.15) is 11.5 Å². The molecule has 4 aromatic rings. The van der Waals surface area contributed by atoms with Crippen molar-refractivity contribution in [2.75, 3.05) is 19.0 Å². The lowest BCUT2D eigenvalue weighted by molar-refractivity contribution is 0.0962. The predicted molar refractivity (Wildman–Crippen MR) is 129 cm³/mol. The third-order valence-corrected chi connectivity index (χ3v) is 6.02. The van der Waals surface area contributed by atoms with Crippen LogP contribution in [0.5, 0.6) is 11.5 Å². The first kappa shape index (κ1) is 21.8. The molecule has 0 spiro atoms. The molecule has 8 nitrogen and oxygen atoms in total. The van der Waals surface area contributed by atoms with Gasteiger partial charge in [-0.2, -0.15) is 0 Å². The minimum atomic E-state index is 0.0523. The number of hydrogen-bond donors (Lipinski definition) is 1. The number of anilines is 2. The number of methoxy groups -OCH3 is 1. The van der Waals surface area contributed by atoms with Gasteiger partial charge in [0.2, 0.25) is 11.9 Å². The zero-order valence-electron chi connectivity index (χ0n) is 19.3. The van der Waals surface area contributed by atoms with E-state index in [0.717, 1.165) is 39.4 Å². The molecule has 34 heavy (non-hydrogen) atoms. The summed E-state index contributed by atoms with van der Waals surface area (Å²) in [6, 6.07) is 13.6. The molecular weight excluding hydrogens is 430 g/mol. The van der Waals surface area contributed by atoms with Gasteiger partial charge < -0.3 is 9.47 Å². The minimum absolute atomic E-state index is 0.0523. The maximum Gasteiger partial charge on any atom is 0.230 e. The van der Waals surface area contributed by atoms with Crippen LogP contribution in [0.2, 0.25) is 0 Å². The lowest BCUT2D eigenvalue weighted by Gasteiger charge is -2.23. The Labute approximate surface area is 197 Å². The minimum Gasteiger partial charge on any atom is -0.497 e. The highest BCUT2D eigenvalue weighted by atomic mass is 16.5. The fourth-order valence-electron chi connectivity index (χ4n) is 4.29. The Kier molecular flexibility index (Phi) is 5.79. The van der Waals surface area contributed by atoms with Crippen LogP contribution in [-0.2, 0) is 6.42 Å². The van der Waals surface area contributed by atoms with E-state index in [-0.39, 0.29) is 11.7 Å². The molecule has 2 heterocycles. The van der Waals surface area contributed by atoms with E-state index >= 15 is 0 Å². The second-order valence-electron chi connectivity index (χ2n) is 8.23. The van der Waals surface area contributed by atoms with Crippen LogP contribution in [0.1, 0.15) is 46.6 Å². The Balaban J connectivity index is 1.40. The van der Waals surface area contributed by atoms with Gasteiger partial charge >= 0.3 is 0 Å². The topological polar surface area (TPSA) is 99.1 Å². The van der Waals surface area contributed by atoms with Crippen molar-refractivity contribution in [3.63, 3.8) is 0 Å². The van der Waals surface area contributed by atoms with E-state index in [1.54, 1.807) is 13.3 Å². The first-order chi connectivity index (χ1) is 16.5. The molecule has 0 saturated carbocycles. The normalized spacial score (nSPS) is 15.1. The van der Waals surface area contributed by atoms with Crippen molar-refractivity contribution in [3.05, 3.63) is 71.2 Å². The number of rotatable bonds is 6. The van der Waals surface area contributed by atoms with Gasteiger partial charge in [0.15, 0.2) is 5.78 Å². The summed E-state index contributed by atoms with van der Waals surface area (Å²) in [7, 11) is 1.64. The molecule has 8 heteroatoms. The molecule has 1 aliphatic carbocycles. The van der Waals surface area contributed by atoms with Crippen LogP contribution in [0.15, 0.2) is 48.7 Å². The van der Waals surface area contributed by atoms with E-state index in [1.165, 1.54) is 0 Å². The van der Waals surface area contributed by atoms with E-state index in [4.69, 9.17) is 9.47 Å². The zero-order chi connectivity index (χ0) is 23.7. The van der Waals surface area contributed by atoms with E-state index in [2.05, 4.69) is 25.3 Å². The summed E-state index contributed by atoms with van der Waals surface area (Å²) < 4.78 is 10.8. The van der Waals surface area contributed by atoms with Crippen LogP contribution >= 0.6 is 0 Å². The van der Waals surface area contributed by atoms with Crippen LogP contribution in [0.4, 0.5) is 11.9 Å². The number of aromatic nitrogens is 4. The van der Waals surface area contributed by atoms with Gasteiger partial charge in [0.05, 0.1) is 36.2 Å². The van der Waals surface area contributed by atoms with Crippen LogP contribution < -0.4 is 14.8 Å². The van der Waals surface area contributed by atoms with Crippen molar-refractivity contribution >= 4 is 28.6 Å². The SMILES string of the molecule is CCOc1ccc2nc(Nc3ncc4c(n3)C[C@@H](c3ccc(OC)cc3)CC4=O)nc(C)c2c1. The molecule has 1 atom stereocenters. The van der Waals surface area contributed by atoms with Crippen molar-refractivity contribution in [2.45, 2.75) is 32.6 Å². The molecule has 0 radical (unpaired) electrons. The molecular formula is C26H25N5O3. The van der Waals surface area contributed by atoms with Crippen molar-refractivity contribution in [1.29, 1.82) is 0 Å². The Morgan fingerprint density at radius 3 is 2.56 bits per heavy atom. The number of Topliss-reactive ketones (excluding diaryl/α,β-unsaturated/α-hetero) is 1. The van der Waals surface area contributed by atoms with Gasteiger partial charge in [-0.25, -0.2) is 19.9 Å². The number of nitrogens with one attached hydrogen (secondary N) is 1. The number of ether oxygens (including phenoxy) is 2. The Hall–Kier alpha value is -4.07. The van der Waals surface area contributed by atoms with Crippen molar-refractivity contribution in [1.82, 2.24) is 19.9 Å². The highest BCUT2D eigenvalue weighted by Crippen LogP contribution is 2.33. The van der Waals surface area contributed by atoms with Gasteiger partial charge in [-0.3, -0.25) is 10.1 Å². The van der Waals surface area contributed by atoms with Gasteiger partial charge in [0.25, 0.3) is 0 Å². The smallest absolute Gasteiger partial charge is 0.230 e. The number of fused-ring (bicyclic) bond motifs is 2. The predicted octanol–water partition coefficient (Wildman–Crippen LogP) is 4.79. The molecule has 0 unspecified atom stereocenters. The molecule has 0 aliphatic heterocycles. The standard InChI is InChI=1S/C26H25N5O3/c1-4-34-19-9-10-22-20(13-19)15(2)28-26(29-22)31-25-27-14-21-23(30-25)11-17(12-24(21)32)16-5-7-18(33-3)8-6-16/h5-10,13-14,17H,4,11-12H2,1-3H3,(H,27,28,29,30,31)/t17-/m1/s1. The molecule has 172 valence electrons. The van der Waals surface area contributed by atoms with Gasteiger partial charge in [-0.05, 0) is 62.1 Å². The number of aryl methyl sites for hydroxylation is 1. The lowest BCUT2D eigenvalue weighted by Crippen LogP contribution is -2.21. The largest absolute Gasteiger partial charge is 0.497 e. The van der Waals surface area contributed by atoms with Gasteiger partial charge in [-0.1, -0.05) is 12.1 Å². The highest BCUT2D eigenvalue weighted by molar-refractivity contribution is 5.98. The molecule has 2 aromatic heterocycles. The Bertz CT molecular complexity index is 1370. The number of carbonyl (C=O) groups excluding carboxylic acids is 1. The lowest BCUT2D eigenvalue weighted by atomic mass is 9.82. The second-order valence-corrected chi connectivity index (χ2v) is 8.23. The molecule has 5 rings (SSSR count). The summed E-state index contributed by atoms with van der Waals surface area (Å²) >= 11 is 0. The van der Waals surface area contributed by atoms with E-state index in [9.17, 15) is 4.79 Å². The number of ketones is 1. The number of hydrogen-bond acceptors (Lipinski definition) is 8. The summed E-state index contributed by atoms with van der Waals surface area (Å²) in [5.74, 6) is 2.47. The average molecular weight is 456 g/mol. The molecule has 0 saturated heterocycles. The van der Waals surface area contributed by atoms with Crippen LogP contribution in [0, 0.1) is 6.92 Å². The average Bonchev–Trinajstić information content (AvgIpc) is 2.84. The maximum absolute atomic E-state index is 12.8. The fourth-order valence-corrected chi connectivity index (χ4v) is 4.29. The van der Waals surface area contributed by atoms with Crippen molar-refractivity contribution in [3.8, 4) is 11.5 Å². The van der Waals surface area contributed by atoms with Gasteiger partial charge in [0, 0.05) is 18.0 Å². The fraction of sp³-hybridized carbons (Fsp3) is 0.269. The summed E-state index contributed by atoms with van der Waals surface area (Å²) in [6.07, 6.45) is 2.69. The Morgan fingerprint density at radius 1 is 1.00 bits per heavy atom. The molecule has 0 amide bonds.